The molecule has 3 N–H and O–H groups in total. The monoisotopic (exact) mass is 533 g/mol. The number of likely N-dealkylation sites (tertiary alicyclic amines) is 1. The fraction of sp³-hybridized carbons (Fsp3) is 0.483. The van der Waals surface area contributed by atoms with Gasteiger partial charge in [-0.2, -0.15) is 0 Å². The topological polar surface area (TPSA) is 140 Å². The van der Waals surface area contributed by atoms with E-state index in [0.717, 1.165) is 32.2 Å². The molecule has 4 atom stereocenters. The summed E-state index contributed by atoms with van der Waals surface area (Å²) in [5.74, 6) is -0.662. The maximum Gasteiger partial charge on any atom is 0.303 e. The lowest BCUT2D eigenvalue weighted by molar-refractivity contribution is -0.136. The number of aliphatic carboxylic acids is 1. The number of para-hydroxylation sites is 2. The molecule has 2 aromatic rings. The van der Waals surface area contributed by atoms with Crippen molar-refractivity contribution in [2.75, 3.05) is 13.2 Å². The van der Waals surface area contributed by atoms with Gasteiger partial charge in [0.25, 0.3) is 11.5 Å². The van der Waals surface area contributed by atoms with Crippen LogP contribution in [0, 0.1) is 11.8 Å². The molecule has 206 valence electrons. The maximum atomic E-state index is 13.9. The van der Waals surface area contributed by atoms with Crippen molar-refractivity contribution in [1.82, 2.24) is 14.5 Å². The number of nitrogens with zero attached hydrogens (tertiary/aromatic N) is 4. The van der Waals surface area contributed by atoms with E-state index in [2.05, 4.69) is 27.8 Å². The number of fused-ring (bicyclic) bond motifs is 1. The van der Waals surface area contributed by atoms with Crippen LogP contribution < -0.4 is 11.3 Å². The zero-order valence-corrected chi connectivity index (χ0v) is 22.2. The van der Waals surface area contributed by atoms with E-state index in [9.17, 15) is 19.5 Å². The van der Waals surface area contributed by atoms with Gasteiger partial charge in [0.1, 0.15) is 5.71 Å². The molecule has 2 heterocycles. The fourth-order valence-corrected chi connectivity index (χ4v) is 6.01. The van der Waals surface area contributed by atoms with Gasteiger partial charge >= 0.3 is 5.97 Å². The summed E-state index contributed by atoms with van der Waals surface area (Å²) in [7, 11) is 0. The highest BCUT2D eigenvalue weighted by Crippen LogP contribution is 2.61. The number of aromatic nitrogens is 2. The molecule has 2 bridgehead atoms. The van der Waals surface area contributed by atoms with E-state index >= 15 is 0 Å². The van der Waals surface area contributed by atoms with Crippen LogP contribution >= 0.6 is 0 Å². The van der Waals surface area contributed by atoms with Crippen molar-refractivity contribution >= 4 is 28.6 Å². The number of benzene rings is 1. The van der Waals surface area contributed by atoms with Crippen LogP contribution in [-0.2, 0) is 14.4 Å². The molecule has 39 heavy (non-hydrogen) atoms. The van der Waals surface area contributed by atoms with E-state index in [1.165, 1.54) is 17.6 Å². The standard InChI is InChI=1S/C29H35N5O5/c1-17(13-19-7-5-6-12-33(19)15-22-20-14-21(22)18(20)2)34-25-9-4-3-8-23(25)31-28(29(34)38)24(10-11-27(36)37)32-39-16-26(30)35/h3-4,8-9,15,17,19-21H,2,5-7,10-14,16H2,1H3,(H2,30,35)(H,36,37)/b22-15?,32-24+/t17-,19-,20?,21?/m0/s1. The normalized spacial score (nSPS) is 23.2. The zero-order chi connectivity index (χ0) is 27.7. The molecule has 4 aliphatic rings. The van der Waals surface area contributed by atoms with E-state index in [0.29, 0.717) is 28.9 Å². The first-order chi connectivity index (χ1) is 18.7. The highest BCUT2D eigenvalue weighted by atomic mass is 16.6. The molecule has 3 saturated carbocycles. The number of allylic oxidation sites excluding steroid dienone is 2. The third-order valence-electron chi connectivity index (χ3n) is 8.24. The number of oxime groups is 1. The molecule has 0 radical (unpaired) electrons. The molecule has 6 rings (SSSR count). The van der Waals surface area contributed by atoms with E-state index in [4.69, 9.17) is 10.6 Å². The average Bonchev–Trinajstić information content (AvgIpc) is 2.88. The summed E-state index contributed by atoms with van der Waals surface area (Å²) in [4.78, 5) is 48.4. The van der Waals surface area contributed by atoms with Crippen LogP contribution in [0.5, 0.6) is 0 Å². The Labute approximate surface area is 226 Å². The second-order valence-electron chi connectivity index (χ2n) is 10.8. The molecule has 1 amide bonds. The molecule has 1 saturated heterocycles. The summed E-state index contributed by atoms with van der Waals surface area (Å²) in [5.41, 5.74) is 9.03. The van der Waals surface area contributed by atoms with Crippen LogP contribution in [0.1, 0.15) is 63.6 Å². The predicted molar refractivity (Wildman–Crippen MR) is 147 cm³/mol. The summed E-state index contributed by atoms with van der Waals surface area (Å²) in [6, 6.07) is 7.53. The van der Waals surface area contributed by atoms with Gasteiger partial charge in [0, 0.05) is 36.9 Å². The van der Waals surface area contributed by atoms with Gasteiger partial charge in [0.2, 0.25) is 0 Å². The first-order valence-corrected chi connectivity index (χ1v) is 13.6. The smallest absolute Gasteiger partial charge is 0.303 e. The van der Waals surface area contributed by atoms with Crippen LogP contribution in [0.2, 0.25) is 0 Å². The van der Waals surface area contributed by atoms with Gasteiger partial charge in [-0.1, -0.05) is 29.4 Å². The summed E-state index contributed by atoms with van der Waals surface area (Å²) in [6.07, 6.45) is 7.36. The number of hydrogen-bond donors (Lipinski definition) is 2. The third kappa shape index (κ3) is 5.32. The molecule has 1 aliphatic heterocycles. The fourth-order valence-electron chi connectivity index (χ4n) is 6.01. The SMILES string of the molecule is C=C1C2CC1C2=CN1CCCC[C@H]1C[C@H](C)n1c(=O)c(/C(CCC(=O)O)=N/OCC(N)=O)nc2ccccc21. The number of carboxylic acid groups (broad SMARTS) is 1. The second kappa shape index (κ2) is 11.0. The summed E-state index contributed by atoms with van der Waals surface area (Å²) < 4.78 is 1.74. The first kappa shape index (κ1) is 26.6. The van der Waals surface area contributed by atoms with Crippen LogP contribution in [0.3, 0.4) is 0 Å². The van der Waals surface area contributed by atoms with Crippen molar-refractivity contribution in [1.29, 1.82) is 0 Å². The minimum absolute atomic E-state index is 0.0157. The second-order valence-corrected chi connectivity index (χ2v) is 10.8. The lowest BCUT2D eigenvalue weighted by atomic mass is 9.49. The van der Waals surface area contributed by atoms with Crippen LogP contribution in [-0.4, -0.2) is 56.3 Å². The first-order valence-electron chi connectivity index (χ1n) is 13.6. The Kier molecular flexibility index (Phi) is 7.54. The molecular weight excluding hydrogens is 498 g/mol. The Morgan fingerprint density at radius 3 is 2.74 bits per heavy atom. The number of amides is 1. The zero-order valence-electron chi connectivity index (χ0n) is 22.2. The molecule has 0 spiro atoms. The van der Waals surface area contributed by atoms with Crippen molar-refractivity contribution in [3.63, 3.8) is 0 Å². The minimum atomic E-state index is -1.05. The maximum absolute atomic E-state index is 13.9. The number of hydrogen-bond acceptors (Lipinski definition) is 7. The molecule has 10 nitrogen and oxygen atoms in total. The summed E-state index contributed by atoms with van der Waals surface area (Å²) >= 11 is 0. The molecule has 1 aromatic carbocycles. The third-order valence-corrected chi connectivity index (χ3v) is 8.24. The number of carbonyl (C=O) groups excluding carboxylic acids is 1. The van der Waals surface area contributed by atoms with Crippen molar-refractivity contribution in [3.8, 4) is 0 Å². The van der Waals surface area contributed by atoms with Crippen molar-refractivity contribution in [3.05, 3.63) is 64.2 Å². The molecule has 1 aromatic heterocycles. The van der Waals surface area contributed by atoms with Crippen molar-refractivity contribution in [2.24, 2.45) is 22.7 Å². The van der Waals surface area contributed by atoms with E-state index in [-0.39, 0.29) is 35.8 Å². The van der Waals surface area contributed by atoms with Crippen LogP contribution in [0.25, 0.3) is 11.0 Å². The van der Waals surface area contributed by atoms with Gasteiger partial charge < -0.3 is 25.1 Å². The van der Waals surface area contributed by atoms with Gasteiger partial charge in [-0.15, -0.1) is 0 Å². The highest BCUT2D eigenvalue weighted by Gasteiger charge is 2.51. The lowest BCUT2D eigenvalue weighted by Gasteiger charge is -2.56. The Morgan fingerprint density at radius 1 is 1.28 bits per heavy atom. The number of nitrogens with two attached hydrogens (primary N) is 1. The molecule has 4 fully saturated rings. The number of piperidine rings is 1. The molecule has 2 unspecified atom stereocenters. The Hall–Kier alpha value is -3.95. The van der Waals surface area contributed by atoms with Gasteiger partial charge in [0.05, 0.1) is 17.5 Å². The number of carbonyl (C=O) groups is 2. The van der Waals surface area contributed by atoms with Gasteiger partial charge in [-0.3, -0.25) is 14.4 Å². The quantitative estimate of drug-likeness (QED) is 0.256. The number of rotatable bonds is 11. The Morgan fingerprint density at radius 2 is 2.05 bits per heavy atom. The van der Waals surface area contributed by atoms with Gasteiger partial charge in [-0.25, -0.2) is 4.98 Å². The van der Waals surface area contributed by atoms with Crippen LogP contribution in [0.15, 0.2) is 58.1 Å². The lowest BCUT2D eigenvalue weighted by Crippen LogP contribution is -2.47. The largest absolute Gasteiger partial charge is 0.481 e. The van der Waals surface area contributed by atoms with E-state index < -0.39 is 18.5 Å². The van der Waals surface area contributed by atoms with Gasteiger partial charge in [0.15, 0.2) is 12.3 Å². The summed E-state index contributed by atoms with van der Waals surface area (Å²) in [6.45, 7) is 6.73. The Bertz CT molecular complexity index is 1410. The number of carboxylic acids is 1. The predicted octanol–water partition coefficient (Wildman–Crippen LogP) is 3.36. The Balaban J connectivity index is 1.47. The van der Waals surface area contributed by atoms with Crippen LogP contribution in [0.4, 0.5) is 0 Å². The minimum Gasteiger partial charge on any atom is -0.481 e. The average molecular weight is 534 g/mol. The molecule has 10 heteroatoms. The number of primary amides is 1. The van der Waals surface area contributed by atoms with E-state index in [1.54, 1.807) is 4.57 Å². The van der Waals surface area contributed by atoms with Crippen molar-refractivity contribution in [2.45, 2.75) is 64.0 Å². The van der Waals surface area contributed by atoms with Crippen molar-refractivity contribution < 1.29 is 19.5 Å². The molecular formula is C29H35N5O5. The summed E-state index contributed by atoms with van der Waals surface area (Å²) in [5, 5.41) is 13.2. The molecule has 3 aliphatic carbocycles. The highest BCUT2D eigenvalue weighted by molar-refractivity contribution is 6.00. The van der Waals surface area contributed by atoms with Gasteiger partial charge in [-0.05, 0) is 62.9 Å². The van der Waals surface area contributed by atoms with E-state index in [1.807, 2.05) is 31.2 Å².